The Morgan fingerprint density at radius 3 is 2.41 bits per heavy atom. The van der Waals surface area contributed by atoms with E-state index < -0.39 is 11.5 Å². The van der Waals surface area contributed by atoms with E-state index in [4.69, 9.17) is 14.2 Å². The number of carbonyl (C=O) groups is 1. The predicted octanol–water partition coefficient (Wildman–Crippen LogP) is 3.19. The van der Waals surface area contributed by atoms with Crippen LogP contribution in [0.5, 0.6) is 17.2 Å². The fourth-order valence-corrected chi connectivity index (χ4v) is 4.04. The van der Waals surface area contributed by atoms with E-state index in [1.807, 2.05) is 24.3 Å². The van der Waals surface area contributed by atoms with Gasteiger partial charge in [-0.25, -0.2) is 4.98 Å². The lowest BCUT2D eigenvalue weighted by atomic mass is 10.2. The molecule has 2 heterocycles. The van der Waals surface area contributed by atoms with Crippen LogP contribution in [0.4, 0.5) is 5.69 Å². The largest absolute Gasteiger partial charge is 0.493 e. The van der Waals surface area contributed by atoms with Crippen LogP contribution in [-0.4, -0.2) is 36.6 Å². The minimum Gasteiger partial charge on any atom is -0.493 e. The van der Waals surface area contributed by atoms with Crippen molar-refractivity contribution in [3.63, 3.8) is 0 Å². The van der Waals surface area contributed by atoms with Crippen LogP contribution in [0.3, 0.4) is 0 Å². The van der Waals surface area contributed by atoms with Gasteiger partial charge in [0.2, 0.25) is 5.75 Å². The lowest BCUT2D eigenvalue weighted by molar-refractivity contribution is 0.102. The van der Waals surface area contributed by atoms with E-state index >= 15 is 0 Å². The molecule has 0 saturated heterocycles. The maximum Gasteiger partial charge on any atom is 0.271 e. The van der Waals surface area contributed by atoms with Crippen molar-refractivity contribution in [2.45, 2.75) is 0 Å². The van der Waals surface area contributed by atoms with Gasteiger partial charge >= 0.3 is 0 Å². The summed E-state index contributed by atoms with van der Waals surface area (Å²) < 4.78 is 18.2. The van der Waals surface area contributed by atoms with Crippen molar-refractivity contribution in [1.29, 1.82) is 0 Å². The Labute approximate surface area is 169 Å². The second kappa shape index (κ2) is 7.44. The molecule has 0 fully saturated rings. The third-order valence-electron chi connectivity index (χ3n) is 4.40. The van der Waals surface area contributed by atoms with E-state index in [0.29, 0.717) is 33.4 Å². The zero-order valence-electron chi connectivity index (χ0n) is 15.9. The second-order valence-electron chi connectivity index (χ2n) is 6.03. The van der Waals surface area contributed by atoms with Crippen molar-refractivity contribution in [2.75, 3.05) is 26.6 Å². The van der Waals surface area contributed by atoms with Crippen molar-refractivity contribution >= 4 is 38.1 Å². The number of fused-ring (bicyclic) bond motifs is 3. The van der Waals surface area contributed by atoms with E-state index in [1.54, 1.807) is 12.1 Å². The summed E-state index contributed by atoms with van der Waals surface area (Å²) in [6, 6.07) is 10.6. The summed E-state index contributed by atoms with van der Waals surface area (Å²) in [5.41, 5.74) is 0.605. The van der Waals surface area contributed by atoms with E-state index in [9.17, 15) is 9.59 Å². The monoisotopic (exact) mass is 411 g/mol. The van der Waals surface area contributed by atoms with Gasteiger partial charge in [-0.1, -0.05) is 23.5 Å². The highest BCUT2D eigenvalue weighted by Crippen LogP contribution is 2.40. The Morgan fingerprint density at radius 1 is 1.07 bits per heavy atom. The molecule has 1 N–H and O–H groups in total. The number of thiazole rings is 1. The molecule has 9 heteroatoms. The molecule has 0 aliphatic rings. The standard InChI is InChI=1S/C20H17N3O5S/c1-26-14-8-11(9-15(27-2)17(14)28-3)22-18(24)12-10-21-20-23(19(12)25)13-6-4-5-7-16(13)29-20/h4-10H,1-3H3,(H,22,24). The van der Waals surface area contributed by atoms with Gasteiger partial charge in [0.25, 0.3) is 11.5 Å². The summed E-state index contributed by atoms with van der Waals surface area (Å²) in [7, 11) is 4.45. The summed E-state index contributed by atoms with van der Waals surface area (Å²) in [5, 5.41) is 2.70. The number of rotatable bonds is 5. The van der Waals surface area contributed by atoms with Gasteiger partial charge in [0, 0.05) is 24.0 Å². The molecule has 0 unspecified atom stereocenters. The van der Waals surface area contributed by atoms with Crippen LogP contribution in [-0.2, 0) is 0 Å². The number of carbonyl (C=O) groups excluding carboxylic acids is 1. The number of nitrogens with one attached hydrogen (secondary N) is 1. The molecule has 0 saturated carbocycles. The van der Waals surface area contributed by atoms with E-state index in [-0.39, 0.29) is 5.56 Å². The smallest absolute Gasteiger partial charge is 0.271 e. The lowest BCUT2D eigenvalue weighted by Gasteiger charge is -2.14. The number of ether oxygens (including phenoxy) is 3. The first-order valence-corrected chi connectivity index (χ1v) is 9.39. The molecule has 2 aromatic carbocycles. The number of methoxy groups -OCH3 is 3. The van der Waals surface area contributed by atoms with E-state index in [0.717, 1.165) is 4.70 Å². The minimum absolute atomic E-state index is 0.0696. The zero-order chi connectivity index (χ0) is 20.5. The number of anilines is 1. The average Bonchev–Trinajstić information content (AvgIpc) is 3.12. The summed E-state index contributed by atoms with van der Waals surface area (Å²) in [6.45, 7) is 0. The highest BCUT2D eigenvalue weighted by molar-refractivity contribution is 7.23. The first-order valence-electron chi connectivity index (χ1n) is 8.58. The molecule has 0 atom stereocenters. The fraction of sp³-hybridized carbons (Fsp3) is 0.150. The van der Waals surface area contributed by atoms with E-state index in [2.05, 4.69) is 10.3 Å². The quantitative estimate of drug-likeness (QED) is 0.542. The number of amides is 1. The molecular weight excluding hydrogens is 394 g/mol. The molecule has 4 aromatic rings. The van der Waals surface area contributed by atoms with Gasteiger partial charge < -0.3 is 19.5 Å². The third kappa shape index (κ3) is 3.15. The Hall–Kier alpha value is -3.59. The summed E-state index contributed by atoms with van der Waals surface area (Å²) in [5.74, 6) is 0.593. The van der Waals surface area contributed by atoms with Gasteiger partial charge in [-0.05, 0) is 12.1 Å². The maximum absolute atomic E-state index is 13.0. The molecule has 0 radical (unpaired) electrons. The Bertz CT molecular complexity index is 1270. The van der Waals surface area contributed by atoms with Gasteiger partial charge in [0.05, 0.1) is 31.5 Å². The van der Waals surface area contributed by atoms with Gasteiger partial charge in [-0.3, -0.25) is 14.0 Å². The van der Waals surface area contributed by atoms with Crippen molar-refractivity contribution in [3.05, 3.63) is 58.5 Å². The second-order valence-corrected chi connectivity index (χ2v) is 7.04. The van der Waals surface area contributed by atoms with Gasteiger partial charge in [0.1, 0.15) is 5.56 Å². The number of hydrogen-bond donors (Lipinski definition) is 1. The molecule has 2 aromatic heterocycles. The van der Waals surface area contributed by atoms with Crippen LogP contribution in [0.15, 0.2) is 47.4 Å². The van der Waals surface area contributed by atoms with Crippen LogP contribution in [0.2, 0.25) is 0 Å². The van der Waals surface area contributed by atoms with E-state index in [1.165, 1.54) is 43.3 Å². The molecule has 0 bridgehead atoms. The average molecular weight is 411 g/mol. The molecule has 148 valence electrons. The zero-order valence-corrected chi connectivity index (χ0v) is 16.7. The minimum atomic E-state index is -0.582. The highest BCUT2D eigenvalue weighted by Gasteiger charge is 2.19. The lowest BCUT2D eigenvalue weighted by Crippen LogP contribution is -2.26. The fourth-order valence-electron chi connectivity index (χ4n) is 3.06. The van der Waals surface area contributed by atoms with Gasteiger partial charge in [-0.2, -0.15) is 0 Å². The van der Waals surface area contributed by atoms with Crippen LogP contribution in [0.1, 0.15) is 10.4 Å². The highest BCUT2D eigenvalue weighted by atomic mass is 32.1. The predicted molar refractivity (Wildman–Crippen MR) is 111 cm³/mol. The first-order chi connectivity index (χ1) is 14.1. The SMILES string of the molecule is COc1cc(NC(=O)c2cnc3sc4ccccc4n3c2=O)cc(OC)c1OC. The number of hydrogen-bond acceptors (Lipinski definition) is 7. The molecule has 8 nitrogen and oxygen atoms in total. The Morgan fingerprint density at radius 2 is 1.76 bits per heavy atom. The normalized spacial score (nSPS) is 10.9. The van der Waals surface area contributed by atoms with Crippen LogP contribution in [0.25, 0.3) is 15.2 Å². The summed E-state index contributed by atoms with van der Waals surface area (Å²) in [4.78, 5) is 30.6. The van der Waals surface area contributed by atoms with Crippen molar-refractivity contribution in [1.82, 2.24) is 9.38 Å². The third-order valence-corrected chi connectivity index (χ3v) is 5.44. The van der Waals surface area contributed by atoms with Crippen LogP contribution < -0.4 is 25.1 Å². The molecule has 0 aliphatic heterocycles. The van der Waals surface area contributed by atoms with Crippen molar-refractivity contribution < 1.29 is 19.0 Å². The van der Waals surface area contributed by atoms with Gasteiger partial charge in [0.15, 0.2) is 16.5 Å². The molecular formula is C20H17N3O5S. The topological polar surface area (TPSA) is 91.2 Å². The Balaban J connectivity index is 1.76. The van der Waals surface area contributed by atoms with Crippen molar-refractivity contribution in [2.24, 2.45) is 0 Å². The number of para-hydroxylation sites is 1. The molecule has 0 aliphatic carbocycles. The van der Waals surface area contributed by atoms with Crippen LogP contribution >= 0.6 is 11.3 Å². The molecule has 1 amide bonds. The first kappa shape index (κ1) is 18.8. The molecule has 29 heavy (non-hydrogen) atoms. The van der Waals surface area contributed by atoms with Crippen LogP contribution in [0, 0.1) is 0 Å². The van der Waals surface area contributed by atoms with Crippen molar-refractivity contribution in [3.8, 4) is 17.2 Å². The Kier molecular flexibility index (Phi) is 4.81. The molecule has 4 rings (SSSR count). The summed E-state index contributed by atoms with van der Waals surface area (Å²) in [6.07, 6.45) is 1.29. The number of aromatic nitrogens is 2. The summed E-state index contributed by atoms with van der Waals surface area (Å²) >= 11 is 1.39. The number of benzene rings is 2. The number of nitrogens with zero attached hydrogens (tertiary/aromatic N) is 2. The van der Waals surface area contributed by atoms with Gasteiger partial charge in [-0.15, -0.1) is 0 Å². The molecule has 0 spiro atoms. The maximum atomic E-state index is 13.0.